The van der Waals surface area contributed by atoms with Crippen molar-refractivity contribution in [2.45, 2.75) is 261 Å². The lowest BCUT2D eigenvalue weighted by molar-refractivity contribution is 0.00484. The third-order valence-electron chi connectivity index (χ3n) is 21.8. The Labute approximate surface area is 641 Å². The molecule has 0 atom stereocenters. The summed E-state index contributed by atoms with van der Waals surface area (Å²) in [6.07, 6.45) is 2.67. The number of aromatic hydroxyl groups is 6. The van der Waals surface area contributed by atoms with Crippen molar-refractivity contribution in [3.05, 3.63) is 231 Å². The van der Waals surface area contributed by atoms with Gasteiger partial charge in [0.25, 0.3) is 0 Å². The van der Waals surface area contributed by atoms with E-state index in [2.05, 4.69) is 263 Å². The molecule has 16 bridgehead atoms. The average Bonchev–Trinajstić information content (AvgIpc) is 0.769. The summed E-state index contributed by atoms with van der Waals surface area (Å²) in [5.41, 5.74) is 19.2. The second-order valence-corrected chi connectivity index (χ2v) is 39.1. The second-order valence-electron chi connectivity index (χ2n) is 39.1. The van der Waals surface area contributed by atoms with Crippen LogP contribution in [0.5, 0.6) is 46.0 Å². The summed E-state index contributed by atoms with van der Waals surface area (Å²) in [6, 6.07) is 34.1. The Bertz CT molecular complexity index is 4060. The van der Waals surface area contributed by atoms with Gasteiger partial charge in [0.15, 0.2) is 0 Å². The molecule has 0 saturated heterocycles. The maximum absolute atomic E-state index is 12.6. The lowest BCUT2D eigenvalue weighted by Crippen LogP contribution is -2.17. The van der Waals surface area contributed by atoms with E-state index in [1.54, 1.807) is 0 Å². The molecule has 2 aliphatic rings. The fourth-order valence-electron chi connectivity index (χ4n) is 14.6. The highest BCUT2D eigenvalue weighted by Crippen LogP contribution is 2.47. The van der Waals surface area contributed by atoms with Crippen LogP contribution in [-0.4, -0.2) is 83.5 Å². The predicted octanol–water partition coefficient (Wildman–Crippen LogP) is 21.2. The highest BCUT2D eigenvalue weighted by atomic mass is 16.6. The Kier molecular flexibility index (Phi) is 23.5. The Hall–Kier alpha value is -7.96. The molecule has 107 heavy (non-hydrogen) atoms. The van der Waals surface area contributed by atoms with Gasteiger partial charge in [-0.2, -0.15) is 0 Å². The van der Waals surface area contributed by atoms with Gasteiger partial charge in [-0.1, -0.05) is 263 Å². The van der Waals surface area contributed by atoms with Crippen LogP contribution in [0.4, 0.5) is 0 Å². The molecule has 10 rings (SSSR count). The standard InChI is InChI=1S/C96H126O11/c1-89(2,3)73-41-57-33-61-45-75(91(7,8)9)49-65(83(61)99)37-69-53-79(95(19,20)21)54-70(38-66-50-76(92(10,11)12)46-62(84(66)100)34-58(42-73)81(57)97)87(69)106-31-29-104-27-25-103-26-28-105-30-32-107-88-71-39-67-51-77(93(13,14)15)47-63(85(67)101)35-59-43-74(90(4,5)6)44-60(82(59)98)36-64-48-78(94(16,17)18)52-68(86(64)102)40-72(88)56-80(55-71)96(22,23)24/h41-56,97-102H,25-40H2,1-24H3. The molecular weight excluding hydrogens is 1330 g/mol. The summed E-state index contributed by atoms with van der Waals surface area (Å²) in [4.78, 5) is 0. The van der Waals surface area contributed by atoms with Gasteiger partial charge in [0.1, 0.15) is 59.2 Å². The fourth-order valence-corrected chi connectivity index (χ4v) is 14.6. The molecule has 11 heteroatoms. The minimum Gasteiger partial charge on any atom is -0.507 e. The van der Waals surface area contributed by atoms with Gasteiger partial charge in [-0.15, -0.1) is 0 Å². The molecule has 0 unspecified atom stereocenters. The van der Waals surface area contributed by atoms with Gasteiger partial charge in [0.2, 0.25) is 0 Å². The summed E-state index contributed by atoms with van der Waals surface area (Å²) in [5, 5.41) is 74.9. The Balaban J connectivity index is 0.872. The fraction of sp³-hybridized carbons (Fsp3) is 0.500. The Morgan fingerprint density at radius 3 is 0.430 bits per heavy atom. The van der Waals surface area contributed by atoms with E-state index in [1.165, 1.54) is 0 Å². The molecule has 0 aliphatic heterocycles. The predicted molar refractivity (Wildman–Crippen MR) is 437 cm³/mol. The van der Waals surface area contributed by atoms with Crippen molar-refractivity contribution in [2.24, 2.45) is 0 Å². The molecule has 576 valence electrons. The lowest BCUT2D eigenvalue weighted by Gasteiger charge is -2.27. The van der Waals surface area contributed by atoms with E-state index in [1.807, 2.05) is 0 Å². The zero-order valence-electron chi connectivity index (χ0n) is 69.3. The van der Waals surface area contributed by atoms with E-state index in [0.29, 0.717) is 89.3 Å². The van der Waals surface area contributed by atoms with Crippen molar-refractivity contribution in [1.29, 1.82) is 0 Å². The summed E-state index contributed by atoms with van der Waals surface area (Å²) in [5.74, 6) is 2.53. The van der Waals surface area contributed by atoms with Crippen LogP contribution < -0.4 is 9.47 Å². The maximum Gasteiger partial charge on any atom is 0.126 e. The maximum atomic E-state index is 12.6. The molecule has 0 fully saturated rings. The third kappa shape index (κ3) is 19.4. The van der Waals surface area contributed by atoms with Crippen LogP contribution in [0.3, 0.4) is 0 Å². The lowest BCUT2D eigenvalue weighted by atomic mass is 9.79. The minimum absolute atomic E-state index is 0.176. The van der Waals surface area contributed by atoms with Gasteiger partial charge >= 0.3 is 0 Å². The normalized spacial score (nSPS) is 14.1. The van der Waals surface area contributed by atoms with Crippen LogP contribution >= 0.6 is 0 Å². The number of phenolic OH excluding ortho intramolecular Hbond substituents is 6. The number of rotatable bonds is 14. The van der Waals surface area contributed by atoms with Crippen LogP contribution in [-0.2, 0) is 109 Å². The number of hydrogen-bond donors (Lipinski definition) is 6. The van der Waals surface area contributed by atoms with E-state index < -0.39 is 0 Å². The van der Waals surface area contributed by atoms with Gasteiger partial charge in [-0.3, -0.25) is 0 Å². The van der Waals surface area contributed by atoms with E-state index >= 15 is 0 Å². The van der Waals surface area contributed by atoms with Crippen LogP contribution in [0.25, 0.3) is 0 Å². The largest absolute Gasteiger partial charge is 0.507 e. The quantitative estimate of drug-likeness (QED) is 0.0574. The summed E-state index contributed by atoms with van der Waals surface area (Å²) in [6.45, 7) is 54.9. The van der Waals surface area contributed by atoms with Crippen molar-refractivity contribution in [3.8, 4) is 46.0 Å². The number of fused-ring (bicyclic) bond motifs is 16. The second kappa shape index (κ2) is 30.8. The Morgan fingerprint density at radius 1 is 0.187 bits per heavy atom. The summed E-state index contributed by atoms with van der Waals surface area (Å²) < 4.78 is 32.5. The summed E-state index contributed by atoms with van der Waals surface area (Å²) in [7, 11) is 0. The molecule has 0 heterocycles. The van der Waals surface area contributed by atoms with Crippen molar-refractivity contribution >= 4 is 0 Å². The molecular formula is C96H126O11. The van der Waals surface area contributed by atoms with Crippen LogP contribution in [0, 0.1) is 0 Å². The van der Waals surface area contributed by atoms with Gasteiger partial charge < -0.3 is 54.3 Å². The van der Waals surface area contributed by atoms with Gasteiger partial charge in [0.05, 0.1) is 39.6 Å². The highest BCUT2D eigenvalue weighted by Gasteiger charge is 2.32. The zero-order valence-corrected chi connectivity index (χ0v) is 69.3. The first-order chi connectivity index (χ1) is 49.5. The molecule has 11 nitrogen and oxygen atoms in total. The summed E-state index contributed by atoms with van der Waals surface area (Å²) >= 11 is 0. The number of hydrogen-bond acceptors (Lipinski definition) is 11. The smallest absolute Gasteiger partial charge is 0.126 e. The molecule has 0 spiro atoms. The minimum atomic E-state index is -0.260. The molecule has 2 aliphatic carbocycles. The van der Waals surface area contributed by atoms with E-state index in [0.717, 1.165) is 134 Å². The average molecular weight is 1460 g/mol. The van der Waals surface area contributed by atoms with Gasteiger partial charge in [0, 0.05) is 51.4 Å². The number of ether oxygens (including phenoxy) is 5. The van der Waals surface area contributed by atoms with E-state index in [4.69, 9.17) is 23.7 Å². The first-order valence-electron chi connectivity index (χ1n) is 39.0. The van der Waals surface area contributed by atoms with Crippen LogP contribution in [0.1, 0.15) is 300 Å². The molecule has 0 radical (unpaired) electrons. The SMILES string of the molecule is CC(C)(C)c1cc2c(O)c(c1)Cc1cc(C(C)(C)C)cc(c1O)Cc1cc(C(C)(C)C)cc(c1OCCOCCOCCOCCOc1c3cc(C(C)(C)C)cc1Cc1cc(C(C)(C)C)cc(c1O)Cc1cc(C(C)(C)C)cc(c1O)Cc1cc(C(C)(C)C)cc(c1O)C3)Cc1cc(C(C)(C)C)cc(c1O)C2. The van der Waals surface area contributed by atoms with Gasteiger partial charge in [-0.05, 0) is 177 Å². The van der Waals surface area contributed by atoms with Gasteiger partial charge in [-0.25, -0.2) is 0 Å². The first kappa shape index (κ1) is 81.6. The van der Waals surface area contributed by atoms with Crippen molar-refractivity contribution in [1.82, 2.24) is 0 Å². The first-order valence-corrected chi connectivity index (χ1v) is 39.0. The Morgan fingerprint density at radius 2 is 0.299 bits per heavy atom. The van der Waals surface area contributed by atoms with Crippen molar-refractivity contribution < 1.29 is 54.3 Å². The molecule has 0 aromatic heterocycles. The highest BCUT2D eigenvalue weighted by molar-refractivity contribution is 5.62. The van der Waals surface area contributed by atoms with E-state index in [-0.39, 0.29) is 104 Å². The van der Waals surface area contributed by atoms with Crippen LogP contribution in [0.2, 0.25) is 0 Å². The molecule has 0 amide bonds. The molecule has 8 aromatic rings. The zero-order chi connectivity index (χ0) is 78.6. The number of benzene rings is 8. The van der Waals surface area contributed by atoms with Crippen molar-refractivity contribution in [2.75, 3.05) is 52.9 Å². The molecule has 8 aromatic carbocycles. The molecule has 0 saturated carbocycles. The monoisotopic (exact) mass is 1450 g/mol. The molecule has 6 N–H and O–H groups in total. The topological polar surface area (TPSA) is 168 Å². The van der Waals surface area contributed by atoms with E-state index in [9.17, 15) is 30.6 Å². The van der Waals surface area contributed by atoms with Crippen LogP contribution in [0.15, 0.2) is 97.1 Å². The number of phenols is 6. The third-order valence-corrected chi connectivity index (χ3v) is 21.8. The van der Waals surface area contributed by atoms with Crippen molar-refractivity contribution in [3.63, 3.8) is 0 Å².